The van der Waals surface area contributed by atoms with Crippen LogP contribution >= 0.6 is 11.8 Å². The molecule has 1 aliphatic heterocycles. The van der Waals surface area contributed by atoms with Crippen molar-refractivity contribution in [3.63, 3.8) is 0 Å². The topological polar surface area (TPSA) is 72.1 Å². The largest absolute Gasteiger partial charge is 0.382 e. The molecule has 0 unspecified atom stereocenters. The van der Waals surface area contributed by atoms with Crippen LogP contribution in [0, 0.1) is 5.92 Å². The van der Waals surface area contributed by atoms with Crippen LogP contribution in [-0.4, -0.2) is 39.6 Å². The van der Waals surface area contributed by atoms with Gasteiger partial charge in [0.1, 0.15) is 0 Å². The summed E-state index contributed by atoms with van der Waals surface area (Å²) in [5.74, 6) is 1.61. The van der Waals surface area contributed by atoms with Gasteiger partial charge in [0.15, 0.2) is 11.5 Å². The molecule has 2 N–H and O–H groups in total. The van der Waals surface area contributed by atoms with E-state index in [2.05, 4.69) is 22.1 Å². The minimum absolute atomic E-state index is 0.113. The Kier molecular flexibility index (Phi) is 4.58. The molecule has 0 bridgehead atoms. The second-order valence-corrected chi connectivity index (χ2v) is 6.41. The van der Waals surface area contributed by atoms with Gasteiger partial charge in [0, 0.05) is 36.1 Å². The minimum Gasteiger partial charge on any atom is -0.382 e. The van der Waals surface area contributed by atoms with Gasteiger partial charge < -0.3 is 10.6 Å². The van der Waals surface area contributed by atoms with Crippen LogP contribution in [0.2, 0.25) is 0 Å². The molecule has 5 nitrogen and oxygen atoms in total. The van der Waals surface area contributed by atoms with Crippen LogP contribution < -0.4 is 5.73 Å². The lowest BCUT2D eigenvalue weighted by Gasteiger charge is -2.16. The van der Waals surface area contributed by atoms with Gasteiger partial charge >= 0.3 is 0 Å². The Labute approximate surface area is 133 Å². The number of carbonyl (C=O) groups excluding carboxylic acids is 1. The zero-order valence-electron chi connectivity index (χ0n) is 12.2. The number of thioether (sulfide) groups is 1. The van der Waals surface area contributed by atoms with Gasteiger partial charge in [-0.2, -0.15) is 0 Å². The maximum atomic E-state index is 12.4. The smallest absolute Gasteiger partial charge is 0.276 e. The first kappa shape index (κ1) is 14.8. The molecular formula is C16H18N4OS. The van der Waals surface area contributed by atoms with Crippen molar-refractivity contribution < 1.29 is 4.79 Å². The number of hydrogen-bond donors (Lipinski definition) is 1. The molecule has 22 heavy (non-hydrogen) atoms. The Hall–Kier alpha value is -2.08. The molecule has 3 rings (SSSR count). The second kappa shape index (κ2) is 6.79. The summed E-state index contributed by atoms with van der Waals surface area (Å²) in [5.41, 5.74) is 6.00. The number of nitrogens with zero attached hydrogens (tertiary/aromatic N) is 3. The molecule has 0 aliphatic carbocycles. The standard InChI is InChI=1S/C16H18N4OS/c17-15-14(18-7-8-19-15)16(21)20-9-6-12(10-20)11-22-13-4-2-1-3-5-13/h1-5,7-8,12H,6,9-11H2,(H2,17,19)/t12-/m0/s1. The summed E-state index contributed by atoms with van der Waals surface area (Å²) in [6, 6.07) is 10.3. The van der Waals surface area contributed by atoms with Crippen LogP contribution in [0.15, 0.2) is 47.6 Å². The molecule has 1 aliphatic rings. The van der Waals surface area contributed by atoms with Gasteiger partial charge in [-0.3, -0.25) is 4.79 Å². The number of hydrogen-bond acceptors (Lipinski definition) is 5. The van der Waals surface area contributed by atoms with E-state index in [4.69, 9.17) is 5.73 Å². The first-order valence-electron chi connectivity index (χ1n) is 7.27. The fraction of sp³-hybridized carbons (Fsp3) is 0.312. The van der Waals surface area contributed by atoms with E-state index >= 15 is 0 Å². The Morgan fingerprint density at radius 1 is 1.27 bits per heavy atom. The van der Waals surface area contributed by atoms with Gasteiger partial charge in [-0.05, 0) is 24.5 Å². The maximum Gasteiger partial charge on any atom is 0.276 e. The van der Waals surface area contributed by atoms with Crippen LogP contribution in [0.1, 0.15) is 16.9 Å². The summed E-state index contributed by atoms with van der Waals surface area (Å²) in [5, 5.41) is 0. The van der Waals surface area contributed by atoms with Crippen molar-refractivity contribution in [3.05, 3.63) is 48.4 Å². The Bertz CT molecular complexity index is 650. The molecule has 1 fully saturated rings. The number of nitrogen functional groups attached to an aromatic ring is 1. The summed E-state index contributed by atoms with van der Waals surface area (Å²) in [4.78, 5) is 23.5. The van der Waals surface area contributed by atoms with Crippen molar-refractivity contribution in [2.24, 2.45) is 5.92 Å². The van der Waals surface area contributed by atoms with Crippen molar-refractivity contribution in [3.8, 4) is 0 Å². The molecule has 2 aromatic rings. The number of nitrogens with two attached hydrogens (primary N) is 1. The van der Waals surface area contributed by atoms with Crippen LogP contribution in [0.3, 0.4) is 0 Å². The average Bonchev–Trinajstić information content (AvgIpc) is 3.03. The monoisotopic (exact) mass is 314 g/mol. The zero-order valence-corrected chi connectivity index (χ0v) is 13.0. The van der Waals surface area contributed by atoms with E-state index in [1.165, 1.54) is 17.3 Å². The number of carbonyl (C=O) groups is 1. The first-order valence-corrected chi connectivity index (χ1v) is 8.26. The lowest BCUT2D eigenvalue weighted by molar-refractivity contribution is 0.0783. The van der Waals surface area contributed by atoms with E-state index in [0.717, 1.165) is 25.3 Å². The SMILES string of the molecule is Nc1nccnc1C(=O)N1CC[C@H](CSc2ccccc2)C1. The van der Waals surface area contributed by atoms with Crippen LogP contribution in [-0.2, 0) is 0 Å². The molecule has 2 heterocycles. The van der Waals surface area contributed by atoms with E-state index in [-0.39, 0.29) is 17.4 Å². The molecule has 0 radical (unpaired) electrons. The van der Waals surface area contributed by atoms with Crippen molar-refractivity contribution in [1.82, 2.24) is 14.9 Å². The van der Waals surface area contributed by atoms with E-state index in [1.807, 2.05) is 34.9 Å². The highest BCUT2D eigenvalue weighted by Gasteiger charge is 2.28. The summed E-state index contributed by atoms with van der Waals surface area (Å²) >= 11 is 1.84. The van der Waals surface area contributed by atoms with Crippen molar-refractivity contribution >= 4 is 23.5 Å². The summed E-state index contributed by atoms with van der Waals surface area (Å²) in [6.07, 6.45) is 4.02. The van der Waals surface area contributed by atoms with E-state index in [0.29, 0.717) is 5.92 Å². The highest BCUT2D eigenvalue weighted by Crippen LogP contribution is 2.26. The highest BCUT2D eigenvalue weighted by atomic mass is 32.2. The maximum absolute atomic E-state index is 12.4. The van der Waals surface area contributed by atoms with Gasteiger partial charge in [-0.1, -0.05) is 18.2 Å². The van der Waals surface area contributed by atoms with Gasteiger partial charge in [0.05, 0.1) is 0 Å². The predicted octanol–water partition coefficient (Wildman–Crippen LogP) is 2.31. The molecule has 0 saturated carbocycles. The lowest BCUT2D eigenvalue weighted by Crippen LogP contribution is -2.30. The molecule has 6 heteroatoms. The van der Waals surface area contributed by atoms with Crippen molar-refractivity contribution in [1.29, 1.82) is 0 Å². The molecule has 1 aromatic carbocycles. The Balaban J connectivity index is 1.56. The Morgan fingerprint density at radius 2 is 2.05 bits per heavy atom. The van der Waals surface area contributed by atoms with Gasteiger partial charge in [0.25, 0.3) is 5.91 Å². The number of benzene rings is 1. The fourth-order valence-corrected chi connectivity index (χ4v) is 3.60. The number of aromatic nitrogens is 2. The second-order valence-electron chi connectivity index (χ2n) is 5.32. The quantitative estimate of drug-likeness (QED) is 0.877. The zero-order chi connectivity index (χ0) is 15.4. The number of rotatable bonds is 4. The summed E-state index contributed by atoms with van der Waals surface area (Å²) < 4.78 is 0. The third-order valence-corrected chi connectivity index (χ3v) is 4.97. The molecule has 1 saturated heterocycles. The van der Waals surface area contributed by atoms with Crippen LogP contribution in [0.25, 0.3) is 0 Å². The van der Waals surface area contributed by atoms with Crippen molar-refractivity contribution in [2.45, 2.75) is 11.3 Å². The lowest BCUT2D eigenvalue weighted by atomic mass is 10.2. The van der Waals surface area contributed by atoms with Crippen LogP contribution in [0.5, 0.6) is 0 Å². The number of likely N-dealkylation sites (tertiary alicyclic amines) is 1. The normalized spacial score (nSPS) is 17.6. The highest BCUT2D eigenvalue weighted by molar-refractivity contribution is 7.99. The van der Waals surface area contributed by atoms with Crippen LogP contribution in [0.4, 0.5) is 5.82 Å². The first-order chi connectivity index (χ1) is 10.7. The van der Waals surface area contributed by atoms with E-state index < -0.39 is 0 Å². The minimum atomic E-state index is -0.113. The van der Waals surface area contributed by atoms with Crippen molar-refractivity contribution in [2.75, 3.05) is 24.6 Å². The summed E-state index contributed by atoms with van der Waals surface area (Å²) in [7, 11) is 0. The van der Waals surface area contributed by atoms with E-state index in [9.17, 15) is 4.79 Å². The predicted molar refractivity (Wildman–Crippen MR) is 87.6 cm³/mol. The summed E-state index contributed by atoms with van der Waals surface area (Å²) in [6.45, 7) is 1.52. The molecule has 1 aromatic heterocycles. The van der Waals surface area contributed by atoms with Gasteiger partial charge in [-0.15, -0.1) is 11.8 Å². The average molecular weight is 314 g/mol. The fourth-order valence-electron chi connectivity index (χ4n) is 2.55. The van der Waals surface area contributed by atoms with Gasteiger partial charge in [0.2, 0.25) is 0 Å². The third-order valence-electron chi connectivity index (χ3n) is 3.73. The third kappa shape index (κ3) is 3.39. The molecule has 0 spiro atoms. The van der Waals surface area contributed by atoms with Gasteiger partial charge in [-0.25, -0.2) is 9.97 Å². The molecule has 114 valence electrons. The Morgan fingerprint density at radius 3 is 2.82 bits per heavy atom. The number of amides is 1. The molecule has 1 amide bonds. The van der Waals surface area contributed by atoms with E-state index in [1.54, 1.807) is 0 Å². The number of anilines is 1. The molecule has 1 atom stereocenters. The molecular weight excluding hydrogens is 296 g/mol.